The molecule has 1 N–H and O–H groups in total. The van der Waals surface area contributed by atoms with Crippen LogP contribution in [0.4, 0.5) is 0 Å². The molecule has 0 spiro atoms. The summed E-state index contributed by atoms with van der Waals surface area (Å²) in [7, 11) is 2.10. The summed E-state index contributed by atoms with van der Waals surface area (Å²) in [5.74, 6) is 2.79. The number of aromatic nitrogens is 2. The van der Waals surface area contributed by atoms with Crippen LogP contribution in [0.2, 0.25) is 0 Å². The van der Waals surface area contributed by atoms with Crippen LogP contribution in [0.1, 0.15) is 51.0 Å². The molecule has 0 saturated carbocycles. The maximum Gasteiger partial charge on any atom is 0.236 e. The zero-order chi connectivity index (χ0) is 18.7. The molecule has 1 atom stereocenters. The molecule has 2 aromatic rings. The Morgan fingerprint density at radius 1 is 1.31 bits per heavy atom. The number of ether oxygens (including phenoxy) is 1. The standard InChI is InChI=1S/C20H30N4O2/c1-14(2)13-25-16-8-6-15(7-9-16)20(3,4)19-22-18(23-26-19)17-12-21-10-11-24(17)5/h6-9,14,17,21H,10-13H2,1-5H3. The van der Waals surface area contributed by atoms with Gasteiger partial charge in [0, 0.05) is 19.6 Å². The molecule has 6 heteroatoms. The maximum absolute atomic E-state index is 5.77. The second-order valence-electron chi connectivity index (χ2n) is 8.01. The Bertz CT molecular complexity index is 709. The van der Waals surface area contributed by atoms with Crippen LogP contribution in [0.25, 0.3) is 0 Å². The van der Waals surface area contributed by atoms with E-state index in [1.54, 1.807) is 0 Å². The number of nitrogens with zero attached hydrogens (tertiary/aromatic N) is 3. The zero-order valence-corrected chi connectivity index (χ0v) is 16.5. The summed E-state index contributed by atoms with van der Waals surface area (Å²) in [5.41, 5.74) is 0.766. The predicted molar refractivity (Wildman–Crippen MR) is 101 cm³/mol. The van der Waals surface area contributed by atoms with E-state index in [-0.39, 0.29) is 11.5 Å². The van der Waals surface area contributed by atoms with Gasteiger partial charge in [-0.2, -0.15) is 4.98 Å². The van der Waals surface area contributed by atoms with Crippen molar-refractivity contribution in [2.75, 3.05) is 33.3 Å². The number of piperazine rings is 1. The van der Waals surface area contributed by atoms with Crippen molar-refractivity contribution in [2.45, 2.75) is 39.2 Å². The van der Waals surface area contributed by atoms with Crippen molar-refractivity contribution < 1.29 is 9.26 Å². The molecule has 0 bridgehead atoms. The summed E-state index contributed by atoms with van der Waals surface area (Å²) in [6.45, 7) is 12.0. The van der Waals surface area contributed by atoms with Crippen LogP contribution in [0.3, 0.4) is 0 Å². The number of nitrogens with one attached hydrogen (secondary N) is 1. The highest BCUT2D eigenvalue weighted by Crippen LogP contribution is 2.32. The molecule has 1 aromatic heterocycles. The van der Waals surface area contributed by atoms with Crippen molar-refractivity contribution in [3.8, 4) is 5.75 Å². The summed E-state index contributed by atoms with van der Waals surface area (Å²) < 4.78 is 11.4. The molecule has 26 heavy (non-hydrogen) atoms. The molecule has 0 radical (unpaired) electrons. The fourth-order valence-electron chi connectivity index (χ4n) is 3.07. The SMILES string of the molecule is CC(C)COc1ccc(C(C)(C)c2nc(C3CNCCN3C)no2)cc1. The lowest BCUT2D eigenvalue weighted by Gasteiger charge is -2.30. The van der Waals surface area contributed by atoms with Gasteiger partial charge >= 0.3 is 0 Å². The smallest absolute Gasteiger partial charge is 0.236 e. The van der Waals surface area contributed by atoms with Gasteiger partial charge in [-0.05, 0) is 44.5 Å². The van der Waals surface area contributed by atoms with E-state index in [0.717, 1.165) is 43.4 Å². The molecule has 6 nitrogen and oxygen atoms in total. The molecular formula is C20H30N4O2. The minimum Gasteiger partial charge on any atom is -0.493 e. The Kier molecular flexibility index (Phi) is 5.63. The van der Waals surface area contributed by atoms with Gasteiger partial charge in [0.1, 0.15) is 5.75 Å². The highest BCUT2D eigenvalue weighted by molar-refractivity contribution is 5.35. The molecule has 142 valence electrons. The van der Waals surface area contributed by atoms with Gasteiger partial charge in [0.15, 0.2) is 5.82 Å². The summed E-state index contributed by atoms with van der Waals surface area (Å²) in [5, 5.41) is 7.65. The summed E-state index contributed by atoms with van der Waals surface area (Å²) >= 11 is 0. The second kappa shape index (κ2) is 7.76. The van der Waals surface area contributed by atoms with E-state index >= 15 is 0 Å². The number of benzene rings is 1. The molecule has 2 heterocycles. The van der Waals surface area contributed by atoms with Crippen molar-refractivity contribution in [2.24, 2.45) is 5.92 Å². The Labute approximate surface area is 155 Å². The first kappa shape index (κ1) is 18.9. The van der Waals surface area contributed by atoms with Crippen LogP contribution < -0.4 is 10.1 Å². The van der Waals surface area contributed by atoms with Gasteiger partial charge in [-0.3, -0.25) is 4.90 Å². The van der Waals surface area contributed by atoms with Gasteiger partial charge in [0.25, 0.3) is 0 Å². The lowest BCUT2D eigenvalue weighted by molar-refractivity contribution is 0.190. The number of hydrogen-bond acceptors (Lipinski definition) is 6. The Hall–Kier alpha value is -1.92. The number of rotatable bonds is 6. The molecule has 0 aliphatic carbocycles. The van der Waals surface area contributed by atoms with E-state index in [2.05, 4.69) is 62.2 Å². The lowest BCUT2D eigenvalue weighted by Crippen LogP contribution is -2.44. The summed E-state index contributed by atoms with van der Waals surface area (Å²) in [6.07, 6.45) is 0. The van der Waals surface area contributed by atoms with Crippen LogP contribution in [-0.2, 0) is 5.41 Å². The van der Waals surface area contributed by atoms with Crippen LogP contribution in [-0.4, -0.2) is 48.3 Å². The fraction of sp³-hybridized carbons (Fsp3) is 0.600. The zero-order valence-electron chi connectivity index (χ0n) is 16.5. The molecule has 0 amide bonds. The molecule has 1 unspecified atom stereocenters. The van der Waals surface area contributed by atoms with Gasteiger partial charge in [-0.15, -0.1) is 0 Å². The van der Waals surface area contributed by atoms with Crippen molar-refractivity contribution in [1.82, 2.24) is 20.4 Å². The highest BCUT2D eigenvalue weighted by atomic mass is 16.5. The third kappa shape index (κ3) is 4.07. The molecule has 1 fully saturated rings. The first-order chi connectivity index (χ1) is 12.4. The molecule has 1 aliphatic rings. The van der Waals surface area contributed by atoms with Crippen molar-refractivity contribution in [3.63, 3.8) is 0 Å². The first-order valence-electron chi connectivity index (χ1n) is 9.36. The van der Waals surface area contributed by atoms with Crippen LogP contribution in [0.15, 0.2) is 28.8 Å². The Morgan fingerprint density at radius 2 is 2.04 bits per heavy atom. The minimum atomic E-state index is -0.359. The molecule has 3 rings (SSSR count). The Balaban J connectivity index is 1.75. The van der Waals surface area contributed by atoms with Crippen LogP contribution in [0, 0.1) is 5.92 Å². The van der Waals surface area contributed by atoms with Gasteiger partial charge < -0.3 is 14.6 Å². The van der Waals surface area contributed by atoms with Gasteiger partial charge in [-0.1, -0.05) is 31.1 Å². The number of likely N-dealkylation sites (N-methyl/N-ethyl adjacent to an activating group) is 1. The highest BCUT2D eigenvalue weighted by Gasteiger charge is 2.32. The fourth-order valence-corrected chi connectivity index (χ4v) is 3.07. The molecule has 1 saturated heterocycles. The summed E-state index contributed by atoms with van der Waals surface area (Å²) in [6, 6.07) is 8.33. The van der Waals surface area contributed by atoms with Crippen molar-refractivity contribution in [3.05, 3.63) is 41.5 Å². The van der Waals surface area contributed by atoms with E-state index in [1.807, 2.05) is 12.1 Å². The second-order valence-corrected chi connectivity index (χ2v) is 8.01. The lowest BCUT2D eigenvalue weighted by atomic mass is 9.84. The average molecular weight is 358 g/mol. The third-order valence-corrected chi connectivity index (χ3v) is 4.94. The number of hydrogen-bond donors (Lipinski definition) is 1. The molecule has 1 aromatic carbocycles. The largest absolute Gasteiger partial charge is 0.493 e. The minimum absolute atomic E-state index is 0.156. The summed E-state index contributed by atoms with van der Waals surface area (Å²) in [4.78, 5) is 6.99. The van der Waals surface area contributed by atoms with E-state index < -0.39 is 0 Å². The van der Waals surface area contributed by atoms with E-state index in [1.165, 1.54) is 0 Å². The van der Waals surface area contributed by atoms with E-state index in [0.29, 0.717) is 11.8 Å². The van der Waals surface area contributed by atoms with Crippen molar-refractivity contribution in [1.29, 1.82) is 0 Å². The van der Waals surface area contributed by atoms with Gasteiger partial charge in [-0.25, -0.2) is 0 Å². The van der Waals surface area contributed by atoms with Crippen LogP contribution >= 0.6 is 0 Å². The Morgan fingerprint density at radius 3 is 2.69 bits per heavy atom. The van der Waals surface area contributed by atoms with Crippen molar-refractivity contribution >= 4 is 0 Å². The normalized spacial score (nSPS) is 19.1. The third-order valence-electron chi connectivity index (χ3n) is 4.94. The first-order valence-corrected chi connectivity index (χ1v) is 9.36. The molecular weight excluding hydrogens is 328 g/mol. The van der Waals surface area contributed by atoms with E-state index in [9.17, 15) is 0 Å². The topological polar surface area (TPSA) is 63.4 Å². The van der Waals surface area contributed by atoms with Crippen LogP contribution in [0.5, 0.6) is 5.75 Å². The average Bonchev–Trinajstić information content (AvgIpc) is 3.11. The van der Waals surface area contributed by atoms with Gasteiger partial charge in [0.05, 0.1) is 18.1 Å². The monoisotopic (exact) mass is 358 g/mol. The predicted octanol–water partition coefficient (Wildman–Crippen LogP) is 3.01. The maximum atomic E-state index is 5.77. The van der Waals surface area contributed by atoms with Gasteiger partial charge in [0.2, 0.25) is 5.89 Å². The van der Waals surface area contributed by atoms with E-state index in [4.69, 9.17) is 14.2 Å². The quantitative estimate of drug-likeness (QED) is 0.856. The molecule has 1 aliphatic heterocycles.